The number of aromatic amines is 1. The normalized spacial score (nSPS) is 11.5. The van der Waals surface area contributed by atoms with Crippen LogP contribution in [0.4, 0.5) is 0 Å². The van der Waals surface area contributed by atoms with Crippen molar-refractivity contribution < 1.29 is 0 Å². The molecule has 24 heavy (non-hydrogen) atoms. The minimum Gasteiger partial charge on any atom is -0.343 e. The molecule has 0 saturated carbocycles. The van der Waals surface area contributed by atoms with Crippen molar-refractivity contribution in [1.82, 2.24) is 29.1 Å². The van der Waals surface area contributed by atoms with Crippen molar-refractivity contribution in [2.75, 3.05) is 0 Å². The Labute approximate surface area is 137 Å². The Morgan fingerprint density at radius 2 is 1.92 bits per heavy atom. The summed E-state index contributed by atoms with van der Waals surface area (Å²) < 4.78 is 3.26. The van der Waals surface area contributed by atoms with E-state index in [1.54, 1.807) is 27.8 Å². The molecule has 0 radical (unpaired) electrons. The first-order valence-electron chi connectivity index (χ1n) is 7.71. The van der Waals surface area contributed by atoms with Gasteiger partial charge in [0.15, 0.2) is 5.82 Å². The number of H-pyrrole nitrogens is 1. The van der Waals surface area contributed by atoms with Crippen molar-refractivity contribution in [3.05, 3.63) is 59.4 Å². The van der Waals surface area contributed by atoms with E-state index in [1.165, 1.54) is 0 Å². The second-order valence-corrected chi connectivity index (χ2v) is 5.80. The number of hydrogen-bond donors (Lipinski definition) is 1. The van der Waals surface area contributed by atoms with Gasteiger partial charge in [-0.15, -0.1) is 5.10 Å². The monoisotopic (exact) mass is 320 g/mol. The van der Waals surface area contributed by atoms with E-state index in [0.717, 1.165) is 11.3 Å². The summed E-state index contributed by atoms with van der Waals surface area (Å²) >= 11 is 0. The van der Waals surface area contributed by atoms with Gasteiger partial charge in [-0.3, -0.25) is 9.36 Å². The van der Waals surface area contributed by atoms with Gasteiger partial charge >= 0.3 is 0 Å². The number of nitrogens with one attached hydrogen (secondary N) is 1. The van der Waals surface area contributed by atoms with Crippen molar-refractivity contribution in [3.8, 4) is 22.8 Å². The third-order valence-electron chi connectivity index (χ3n) is 3.89. The van der Waals surface area contributed by atoms with Crippen LogP contribution in [-0.4, -0.2) is 29.1 Å². The standard InChI is InChI=1S/C17H16N6O/c1-11(2)22-15(12-6-4-3-5-7-12)21-23-14(13-8-18-10-20-13)9-19-16(23)17(22)24/h3-11H,1-2H3,(H,18,20). The molecule has 3 aromatic heterocycles. The molecule has 0 aliphatic carbocycles. The van der Waals surface area contributed by atoms with Gasteiger partial charge < -0.3 is 4.98 Å². The molecule has 120 valence electrons. The van der Waals surface area contributed by atoms with Crippen LogP contribution < -0.4 is 5.56 Å². The van der Waals surface area contributed by atoms with Gasteiger partial charge in [-0.05, 0) is 13.8 Å². The van der Waals surface area contributed by atoms with Crippen LogP contribution in [0.3, 0.4) is 0 Å². The maximum Gasteiger partial charge on any atom is 0.297 e. The molecule has 0 bridgehead atoms. The first-order chi connectivity index (χ1) is 11.7. The summed E-state index contributed by atoms with van der Waals surface area (Å²) in [6.07, 6.45) is 4.90. The van der Waals surface area contributed by atoms with Gasteiger partial charge in [0.1, 0.15) is 5.69 Å². The molecule has 0 saturated heterocycles. The van der Waals surface area contributed by atoms with Gasteiger partial charge in [0.05, 0.1) is 24.4 Å². The van der Waals surface area contributed by atoms with Crippen LogP contribution in [0.1, 0.15) is 19.9 Å². The molecule has 0 spiro atoms. The minimum atomic E-state index is -0.162. The SMILES string of the molecule is CC(C)n1c(-c2ccccc2)nn2c(-c3cnc[nH]3)cnc2c1=O. The number of benzene rings is 1. The molecule has 0 unspecified atom stereocenters. The summed E-state index contributed by atoms with van der Waals surface area (Å²) in [5.41, 5.74) is 2.48. The molecule has 1 N–H and O–H groups in total. The summed E-state index contributed by atoms with van der Waals surface area (Å²) in [5, 5.41) is 4.71. The van der Waals surface area contributed by atoms with Crippen molar-refractivity contribution >= 4 is 5.65 Å². The van der Waals surface area contributed by atoms with Crippen molar-refractivity contribution in [2.45, 2.75) is 19.9 Å². The summed E-state index contributed by atoms with van der Waals surface area (Å²) in [5.74, 6) is 0.613. The number of fused-ring (bicyclic) bond motifs is 1. The molecule has 7 heteroatoms. The van der Waals surface area contributed by atoms with E-state index in [4.69, 9.17) is 5.10 Å². The largest absolute Gasteiger partial charge is 0.343 e. The fourth-order valence-electron chi connectivity index (χ4n) is 2.78. The molecule has 4 aromatic rings. The Morgan fingerprint density at radius 3 is 2.58 bits per heavy atom. The topological polar surface area (TPSA) is 80.9 Å². The van der Waals surface area contributed by atoms with Crippen LogP contribution in [0.2, 0.25) is 0 Å². The molecular formula is C17H16N6O. The number of rotatable bonds is 3. The Bertz CT molecular complexity index is 1040. The molecule has 0 atom stereocenters. The maximum absolute atomic E-state index is 13.0. The van der Waals surface area contributed by atoms with E-state index < -0.39 is 0 Å². The third kappa shape index (κ3) is 2.13. The van der Waals surface area contributed by atoms with Crippen LogP contribution in [-0.2, 0) is 0 Å². The average Bonchev–Trinajstić information content (AvgIpc) is 3.24. The van der Waals surface area contributed by atoms with Crippen LogP contribution in [0, 0.1) is 0 Å². The van der Waals surface area contributed by atoms with Crippen LogP contribution in [0.25, 0.3) is 28.4 Å². The highest BCUT2D eigenvalue weighted by Gasteiger charge is 2.19. The zero-order valence-corrected chi connectivity index (χ0v) is 13.3. The quantitative estimate of drug-likeness (QED) is 0.629. The highest BCUT2D eigenvalue weighted by Crippen LogP contribution is 2.21. The van der Waals surface area contributed by atoms with Crippen LogP contribution >= 0.6 is 0 Å². The van der Waals surface area contributed by atoms with E-state index in [1.807, 2.05) is 44.2 Å². The fraction of sp³-hybridized carbons (Fsp3) is 0.176. The molecule has 7 nitrogen and oxygen atoms in total. The Hall–Kier alpha value is -3.22. The van der Waals surface area contributed by atoms with E-state index in [-0.39, 0.29) is 11.6 Å². The van der Waals surface area contributed by atoms with Gasteiger partial charge in [0.2, 0.25) is 5.65 Å². The lowest BCUT2D eigenvalue weighted by molar-refractivity contribution is 0.566. The highest BCUT2D eigenvalue weighted by atomic mass is 16.1. The van der Waals surface area contributed by atoms with Crippen LogP contribution in [0.15, 0.2) is 53.8 Å². The number of aromatic nitrogens is 6. The van der Waals surface area contributed by atoms with Gasteiger partial charge in [0, 0.05) is 11.6 Å². The second kappa shape index (κ2) is 5.45. The minimum absolute atomic E-state index is 0.0301. The maximum atomic E-state index is 13.0. The van der Waals surface area contributed by atoms with Crippen molar-refractivity contribution in [1.29, 1.82) is 0 Å². The Kier molecular flexibility index (Phi) is 3.26. The lowest BCUT2D eigenvalue weighted by atomic mass is 10.2. The molecule has 3 heterocycles. The van der Waals surface area contributed by atoms with Gasteiger partial charge in [-0.1, -0.05) is 30.3 Å². The average molecular weight is 320 g/mol. The predicted molar refractivity (Wildman–Crippen MR) is 90.6 cm³/mol. The molecule has 0 fully saturated rings. The molecular weight excluding hydrogens is 304 g/mol. The predicted octanol–water partition coefficient (Wildman–Crippen LogP) is 2.53. The van der Waals surface area contributed by atoms with Gasteiger partial charge in [0.25, 0.3) is 5.56 Å². The Morgan fingerprint density at radius 1 is 1.12 bits per heavy atom. The van der Waals surface area contributed by atoms with E-state index in [2.05, 4.69) is 15.0 Å². The van der Waals surface area contributed by atoms with Gasteiger partial charge in [-0.2, -0.15) is 0 Å². The second-order valence-electron chi connectivity index (χ2n) is 5.80. The highest BCUT2D eigenvalue weighted by molar-refractivity contribution is 5.61. The summed E-state index contributed by atoms with van der Waals surface area (Å²) in [7, 11) is 0. The van der Waals surface area contributed by atoms with Crippen molar-refractivity contribution in [2.24, 2.45) is 0 Å². The summed E-state index contributed by atoms with van der Waals surface area (Å²) in [4.78, 5) is 24.3. The molecule has 0 aliphatic rings. The third-order valence-corrected chi connectivity index (χ3v) is 3.89. The zero-order chi connectivity index (χ0) is 16.7. The van der Waals surface area contributed by atoms with Crippen molar-refractivity contribution in [3.63, 3.8) is 0 Å². The summed E-state index contributed by atoms with van der Waals surface area (Å²) in [6, 6.07) is 9.66. The molecule has 1 aromatic carbocycles. The summed E-state index contributed by atoms with van der Waals surface area (Å²) in [6.45, 7) is 3.93. The van der Waals surface area contributed by atoms with Crippen LogP contribution in [0.5, 0.6) is 0 Å². The molecule has 0 amide bonds. The van der Waals surface area contributed by atoms with E-state index in [0.29, 0.717) is 17.2 Å². The Balaban J connectivity index is 2.08. The number of nitrogens with zero attached hydrogens (tertiary/aromatic N) is 5. The smallest absolute Gasteiger partial charge is 0.297 e. The molecule has 4 rings (SSSR count). The van der Waals surface area contributed by atoms with Gasteiger partial charge in [-0.25, -0.2) is 14.5 Å². The fourth-order valence-corrected chi connectivity index (χ4v) is 2.78. The number of hydrogen-bond acceptors (Lipinski definition) is 4. The lowest BCUT2D eigenvalue weighted by Gasteiger charge is -2.16. The number of imidazole rings is 2. The first-order valence-corrected chi connectivity index (χ1v) is 7.71. The zero-order valence-electron chi connectivity index (χ0n) is 13.3. The first kappa shape index (κ1) is 14.4. The lowest BCUT2D eigenvalue weighted by Crippen LogP contribution is -2.27. The molecule has 0 aliphatic heterocycles. The van der Waals surface area contributed by atoms with E-state index in [9.17, 15) is 4.79 Å². The van der Waals surface area contributed by atoms with E-state index >= 15 is 0 Å².